The number of hydrogen-bond acceptors (Lipinski definition) is 5. The Bertz CT molecular complexity index is 584. The van der Waals surface area contributed by atoms with Crippen molar-refractivity contribution in [3.8, 4) is 11.5 Å². The number of nitrogens with two attached hydrogens (primary N) is 1. The molecule has 0 bridgehead atoms. The first-order chi connectivity index (χ1) is 10.2. The summed E-state index contributed by atoms with van der Waals surface area (Å²) in [4.78, 5) is 1.16. The molecule has 1 aromatic heterocycles. The maximum atomic E-state index is 6.17. The van der Waals surface area contributed by atoms with E-state index >= 15 is 0 Å². The van der Waals surface area contributed by atoms with E-state index in [-0.39, 0.29) is 11.3 Å². The third-order valence-electron chi connectivity index (χ3n) is 3.33. The molecule has 2 atom stereocenters. The summed E-state index contributed by atoms with van der Waals surface area (Å²) in [6, 6.07) is 8.37. The highest BCUT2D eigenvalue weighted by Gasteiger charge is 2.19. The highest BCUT2D eigenvalue weighted by atomic mass is 32.2. The highest BCUT2D eigenvalue weighted by molar-refractivity contribution is 7.99. The summed E-state index contributed by atoms with van der Waals surface area (Å²) in [7, 11) is 0. The van der Waals surface area contributed by atoms with Crippen molar-refractivity contribution in [3.05, 3.63) is 40.6 Å². The third-order valence-corrected chi connectivity index (χ3v) is 5.51. The van der Waals surface area contributed by atoms with Crippen LogP contribution in [0.2, 0.25) is 0 Å². The first-order valence-corrected chi connectivity index (χ1v) is 8.90. The van der Waals surface area contributed by atoms with Crippen LogP contribution in [0.4, 0.5) is 0 Å². The minimum Gasteiger partial charge on any atom is -0.490 e. The van der Waals surface area contributed by atoms with Crippen LogP contribution in [-0.4, -0.2) is 19.3 Å². The van der Waals surface area contributed by atoms with Gasteiger partial charge in [0, 0.05) is 17.4 Å². The fourth-order valence-corrected chi connectivity index (χ4v) is 4.17. The monoisotopic (exact) mass is 321 g/mol. The van der Waals surface area contributed by atoms with Crippen molar-refractivity contribution in [3.63, 3.8) is 0 Å². The number of benzene rings is 1. The largest absolute Gasteiger partial charge is 0.490 e. The predicted octanol–water partition coefficient (Wildman–Crippen LogP) is 4.09. The number of thiophene rings is 1. The SMILES string of the molecule is CC(N)C(Sc1ccc2c(c1)OCCCO2)c1ccsc1. The Balaban J connectivity index is 1.82. The number of rotatable bonds is 4. The third kappa shape index (κ3) is 3.54. The van der Waals surface area contributed by atoms with E-state index in [1.807, 2.05) is 6.07 Å². The second-order valence-corrected chi connectivity index (χ2v) is 7.11. The molecule has 112 valence electrons. The van der Waals surface area contributed by atoms with Crippen molar-refractivity contribution < 1.29 is 9.47 Å². The Morgan fingerprint density at radius 1 is 1.19 bits per heavy atom. The van der Waals surface area contributed by atoms with Gasteiger partial charge in [0.15, 0.2) is 11.5 Å². The van der Waals surface area contributed by atoms with Gasteiger partial charge in [0.25, 0.3) is 0 Å². The van der Waals surface area contributed by atoms with Crippen LogP contribution < -0.4 is 15.2 Å². The minimum absolute atomic E-state index is 0.0839. The topological polar surface area (TPSA) is 44.5 Å². The number of thioether (sulfide) groups is 1. The van der Waals surface area contributed by atoms with Crippen LogP contribution in [0.1, 0.15) is 24.2 Å². The van der Waals surface area contributed by atoms with E-state index in [1.165, 1.54) is 5.56 Å². The number of hydrogen-bond donors (Lipinski definition) is 1. The van der Waals surface area contributed by atoms with Gasteiger partial charge in [-0.3, -0.25) is 0 Å². The molecule has 3 nitrogen and oxygen atoms in total. The van der Waals surface area contributed by atoms with E-state index in [2.05, 4.69) is 35.9 Å². The van der Waals surface area contributed by atoms with Crippen molar-refractivity contribution in [2.24, 2.45) is 5.73 Å². The Morgan fingerprint density at radius 3 is 2.71 bits per heavy atom. The molecule has 21 heavy (non-hydrogen) atoms. The molecule has 1 aromatic carbocycles. The van der Waals surface area contributed by atoms with Crippen LogP contribution in [0.3, 0.4) is 0 Å². The lowest BCUT2D eigenvalue weighted by Gasteiger charge is -2.20. The fraction of sp³-hybridized carbons (Fsp3) is 0.375. The first kappa shape index (κ1) is 14.8. The summed E-state index contributed by atoms with van der Waals surface area (Å²) >= 11 is 3.49. The molecule has 0 fully saturated rings. The van der Waals surface area contributed by atoms with Crippen molar-refractivity contribution in [2.75, 3.05) is 13.2 Å². The van der Waals surface area contributed by atoms with Gasteiger partial charge in [0.1, 0.15) is 0 Å². The molecule has 5 heteroatoms. The lowest BCUT2D eigenvalue weighted by molar-refractivity contribution is 0.297. The van der Waals surface area contributed by atoms with E-state index in [4.69, 9.17) is 15.2 Å². The van der Waals surface area contributed by atoms with E-state index in [9.17, 15) is 0 Å². The molecule has 3 rings (SSSR count). The van der Waals surface area contributed by atoms with Crippen molar-refractivity contribution >= 4 is 23.1 Å². The molecule has 2 aromatic rings. The minimum atomic E-state index is 0.0839. The molecule has 0 aliphatic carbocycles. The van der Waals surface area contributed by atoms with Gasteiger partial charge >= 0.3 is 0 Å². The smallest absolute Gasteiger partial charge is 0.162 e. The van der Waals surface area contributed by atoms with Gasteiger partial charge < -0.3 is 15.2 Å². The molecule has 2 unspecified atom stereocenters. The van der Waals surface area contributed by atoms with Gasteiger partial charge in [-0.05, 0) is 47.5 Å². The molecule has 0 amide bonds. The highest BCUT2D eigenvalue weighted by Crippen LogP contribution is 2.41. The van der Waals surface area contributed by atoms with Gasteiger partial charge in [-0.2, -0.15) is 11.3 Å². The zero-order valence-corrected chi connectivity index (χ0v) is 13.6. The normalized spacial score (nSPS) is 17.0. The second kappa shape index (κ2) is 6.73. The van der Waals surface area contributed by atoms with Crippen LogP contribution >= 0.6 is 23.1 Å². The van der Waals surface area contributed by atoms with Crippen molar-refractivity contribution in [1.82, 2.24) is 0 Å². The molecule has 0 saturated carbocycles. The first-order valence-electron chi connectivity index (χ1n) is 7.08. The molecule has 0 radical (unpaired) electrons. The summed E-state index contributed by atoms with van der Waals surface area (Å²) in [5.74, 6) is 1.68. The van der Waals surface area contributed by atoms with Crippen LogP contribution in [0.5, 0.6) is 11.5 Å². The average Bonchev–Trinajstić information content (AvgIpc) is 2.89. The molecular weight excluding hydrogens is 302 g/mol. The fourth-order valence-electron chi connectivity index (χ4n) is 2.28. The Labute approximate surface area is 133 Å². The summed E-state index contributed by atoms with van der Waals surface area (Å²) in [6.07, 6.45) is 0.925. The van der Waals surface area contributed by atoms with Crippen LogP contribution in [0.15, 0.2) is 39.9 Å². The second-order valence-electron chi connectivity index (χ2n) is 5.11. The van der Waals surface area contributed by atoms with Crippen LogP contribution in [0, 0.1) is 0 Å². The quantitative estimate of drug-likeness (QED) is 0.862. The number of ether oxygens (including phenoxy) is 2. The molecule has 2 heterocycles. The summed E-state index contributed by atoms with van der Waals surface area (Å²) < 4.78 is 11.4. The van der Waals surface area contributed by atoms with Gasteiger partial charge in [-0.1, -0.05) is 0 Å². The summed E-state index contributed by atoms with van der Waals surface area (Å²) in [5, 5.41) is 4.52. The molecule has 1 aliphatic rings. The molecule has 1 aliphatic heterocycles. The Kier molecular flexibility index (Phi) is 4.73. The maximum Gasteiger partial charge on any atom is 0.162 e. The van der Waals surface area contributed by atoms with Crippen LogP contribution in [0.25, 0.3) is 0 Å². The van der Waals surface area contributed by atoms with Crippen molar-refractivity contribution in [2.45, 2.75) is 29.5 Å². The van der Waals surface area contributed by atoms with E-state index in [0.29, 0.717) is 6.61 Å². The zero-order valence-electron chi connectivity index (χ0n) is 12.0. The molecular formula is C16H19NO2S2. The van der Waals surface area contributed by atoms with E-state index < -0.39 is 0 Å². The summed E-state index contributed by atoms with van der Waals surface area (Å²) in [6.45, 7) is 3.48. The van der Waals surface area contributed by atoms with Gasteiger partial charge in [0.05, 0.1) is 18.5 Å². The Hall–Kier alpha value is -1.17. The predicted molar refractivity (Wildman–Crippen MR) is 88.6 cm³/mol. The van der Waals surface area contributed by atoms with Crippen molar-refractivity contribution in [1.29, 1.82) is 0 Å². The van der Waals surface area contributed by atoms with E-state index in [1.54, 1.807) is 23.1 Å². The maximum absolute atomic E-state index is 6.17. The van der Waals surface area contributed by atoms with E-state index in [0.717, 1.165) is 29.4 Å². The molecule has 2 N–H and O–H groups in total. The summed E-state index contributed by atoms with van der Waals surface area (Å²) in [5.41, 5.74) is 7.45. The van der Waals surface area contributed by atoms with Gasteiger partial charge in [0.2, 0.25) is 0 Å². The average molecular weight is 321 g/mol. The lowest BCUT2D eigenvalue weighted by atomic mass is 10.1. The number of fused-ring (bicyclic) bond motifs is 1. The zero-order chi connectivity index (χ0) is 14.7. The molecule has 0 spiro atoms. The lowest BCUT2D eigenvalue weighted by Crippen LogP contribution is -2.22. The molecule has 0 saturated heterocycles. The van der Waals surface area contributed by atoms with Gasteiger partial charge in [-0.15, -0.1) is 11.8 Å². The van der Waals surface area contributed by atoms with Gasteiger partial charge in [-0.25, -0.2) is 0 Å². The standard InChI is InChI=1S/C16H19NO2S2/c1-11(17)16(12-5-8-20-10-12)21-13-3-4-14-15(9-13)19-7-2-6-18-14/h3-5,8-11,16H,2,6-7,17H2,1H3. The Morgan fingerprint density at radius 2 is 2.00 bits per heavy atom. The van der Waals surface area contributed by atoms with Crippen LogP contribution in [-0.2, 0) is 0 Å².